The number of anilines is 1. The van der Waals surface area contributed by atoms with Crippen molar-refractivity contribution in [1.82, 2.24) is 0 Å². The largest absolute Gasteiger partial charge is 0.490 e. The SMILES string of the molecule is CC1(C(=O)N2CCOc3ccccc32)CCCC1N. The smallest absolute Gasteiger partial charge is 0.234 e. The van der Waals surface area contributed by atoms with Crippen LogP contribution in [0.25, 0.3) is 0 Å². The second kappa shape index (κ2) is 4.53. The van der Waals surface area contributed by atoms with E-state index in [1.54, 1.807) is 0 Å². The van der Waals surface area contributed by atoms with Crippen LogP contribution in [-0.2, 0) is 4.79 Å². The summed E-state index contributed by atoms with van der Waals surface area (Å²) in [4.78, 5) is 14.7. The second-order valence-corrected chi connectivity index (χ2v) is 5.69. The van der Waals surface area contributed by atoms with Gasteiger partial charge in [-0.2, -0.15) is 0 Å². The molecule has 0 bridgehead atoms. The van der Waals surface area contributed by atoms with Crippen LogP contribution in [0.15, 0.2) is 24.3 Å². The molecule has 19 heavy (non-hydrogen) atoms. The van der Waals surface area contributed by atoms with Crippen LogP contribution in [0.1, 0.15) is 26.2 Å². The molecule has 1 heterocycles. The molecule has 0 radical (unpaired) electrons. The zero-order valence-corrected chi connectivity index (χ0v) is 11.3. The highest BCUT2D eigenvalue weighted by Crippen LogP contribution is 2.41. The molecule has 3 rings (SSSR count). The Balaban J connectivity index is 1.93. The zero-order chi connectivity index (χ0) is 13.5. The van der Waals surface area contributed by atoms with Gasteiger partial charge in [0.1, 0.15) is 12.4 Å². The van der Waals surface area contributed by atoms with Gasteiger partial charge < -0.3 is 15.4 Å². The topological polar surface area (TPSA) is 55.6 Å². The molecule has 1 fully saturated rings. The van der Waals surface area contributed by atoms with Crippen molar-refractivity contribution < 1.29 is 9.53 Å². The Morgan fingerprint density at radius 3 is 3.00 bits per heavy atom. The van der Waals surface area contributed by atoms with Gasteiger partial charge >= 0.3 is 0 Å². The van der Waals surface area contributed by atoms with Crippen molar-refractivity contribution in [3.05, 3.63) is 24.3 Å². The van der Waals surface area contributed by atoms with Crippen LogP contribution in [-0.4, -0.2) is 25.1 Å². The van der Waals surface area contributed by atoms with Gasteiger partial charge in [-0.05, 0) is 31.9 Å². The molecule has 1 aliphatic heterocycles. The van der Waals surface area contributed by atoms with Crippen LogP contribution >= 0.6 is 0 Å². The maximum Gasteiger partial charge on any atom is 0.234 e. The van der Waals surface area contributed by atoms with Crippen LogP contribution in [0.3, 0.4) is 0 Å². The highest BCUT2D eigenvalue weighted by molar-refractivity contribution is 5.99. The summed E-state index contributed by atoms with van der Waals surface area (Å²) in [6.07, 6.45) is 2.86. The number of rotatable bonds is 1. The standard InChI is InChI=1S/C15H20N2O2/c1-15(8-4-7-13(15)16)14(18)17-9-10-19-12-6-3-2-5-11(12)17/h2-3,5-6,13H,4,7-10,16H2,1H3. The van der Waals surface area contributed by atoms with Crippen LogP contribution in [0.2, 0.25) is 0 Å². The monoisotopic (exact) mass is 260 g/mol. The molecule has 0 spiro atoms. The molecule has 4 nitrogen and oxygen atoms in total. The first-order valence-corrected chi connectivity index (χ1v) is 6.92. The molecule has 0 aromatic heterocycles. The maximum atomic E-state index is 12.9. The lowest BCUT2D eigenvalue weighted by molar-refractivity contribution is -0.128. The summed E-state index contributed by atoms with van der Waals surface area (Å²) in [6.45, 7) is 3.16. The Morgan fingerprint density at radius 1 is 1.47 bits per heavy atom. The number of benzene rings is 1. The number of nitrogens with two attached hydrogens (primary N) is 1. The minimum absolute atomic E-state index is 0.0324. The number of hydrogen-bond donors (Lipinski definition) is 1. The number of nitrogens with zero attached hydrogens (tertiary/aromatic N) is 1. The summed E-state index contributed by atoms with van der Waals surface area (Å²) >= 11 is 0. The minimum Gasteiger partial charge on any atom is -0.490 e. The van der Waals surface area contributed by atoms with E-state index < -0.39 is 5.41 Å². The van der Waals surface area contributed by atoms with Crippen molar-refractivity contribution in [2.24, 2.45) is 11.1 Å². The summed E-state index contributed by atoms with van der Waals surface area (Å²) < 4.78 is 5.60. The van der Waals surface area contributed by atoms with Gasteiger partial charge in [0.25, 0.3) is 0 Å². The first kappa shape index (κ1) is 12.5. The number of carbonyl (C=O) groups is 1. The highest BCUT2D eigenvalue weighted by atomic mass is 16.5. The number of fused-ring (bicyclic) bond motifs is 1. The fourth-order valence-electron chi connectivity index (χ4n) is 3.15. The molecule has 2 N–H and O–H groups in total. The van der Waals surface area contributed by atoms with Gasteiger partial charge in [0.05, 0.1) is 17.6 Å². The molecule has 1 saturated carbocycles. The summed E-state index contributed by atoms with van der Waals surface area (Å²) in [5.41, 5.74) is 6.61. The normalized spacial score (nSPS) is 29.8. The Hall–Kier alpha value is -1.55. The summed E-state index contributed by atoms with van der Waals surface area (Å²) in [5.74, 6) is 0.936. The lowest BCUT2D eigenvalue weighted by atomic mass is 9.83. The van der Waals surface area contributed by atoms with E-state index in [1.807, 2.05) is 36.1 Å². The van der Waals surface area contributed by atoms with E-state index in [2.05, 4.69) is 0 Å². The summed E-state index contributed by atoms with van der Waals surface area (Å²) in [7, 11) is 0. The van der Waals surface area contributed by atoms with Crippen LogP contribution in [0.5, 0.6) is 5.75 Å². The minimum atomic E-state index is -0.426. The van der Waals surface area contributed by atoms with Gasteiger partial charge in [-0.1, -0.05) is 18.6 Å². The number of para-hydroxylation sites is 2. The van der Waals surface area contributed by atoms with Crippen molar-refractivity contribution >= 4 is 11.6 Å². The summed E-state index contributed by atoms with van der Waals surface area (Å²) in [6, 6.07) is 7.68. The lowest BCUT2D eigenvalue weighted by Gasteiger charge is -2.37. The lowest BCUT2D eigenvalue weighted by Crippen LogP contribution is -2.51. The molecule has 4 heteroatoms. The molecule has 2 atom stereocenters. The van der Waals surface area contributed by atoms with Crippen LogP contribution in [0, 0.1) is 5.41 Å². The third-order valence-corrected chi connectivity index (χ3v) is 4.49. The van der Waals surface area contributed by atoms with Gasteiger partial charge in [0, 0.05) is 6.04 Å². The number of ether oxygens (including phenoxy) is 1. The van der Waals surface area contributed by atoms with Gasteiger partial charge in [-0.25, -0.2) is 0 Å². The summed E-state index contributed by atoms with van der Waals surface area (Å²) in [5, 5.41) is 0. The highest BCUT2D eigenvalue weighted by Gasteiger charge is 2.46. The van der Waals surface area contributed by atoms with Crippen molar-refractivity contribution in [2.45, 2.75) is 32.2 Å². The molecule has 102 valence electrons. The van der Waals surface area contributed by atoms with Crippen molar-refractivity contribution in [3.63, 3.8) is 0 Å². The Labute approximate surface area is 113 Å². The molecular formula is C15H20N2O2. The number of hydrogen-bond acceptors (Lipinski definition) is 3. The molecule has 1 aromatic rings. The fraction of sp³-hybridized carbons (Fsp3) is 0.533. The maximum absolute atomic E-state index is 12.9. The molecule has 1 amide bonds. The van der Waals surface area contributed by atoms with Crippen molar-refractivity contribution in [3.8, 4) is 5.75 Å². The third-order valence-electron chi connectivity index (χ3n) is 4.49. The quantitative estimate of drug-likeness (QED) is 0.839. The predicted octanol–water partition coefficient (Wildman–Crippen LogP) is 1.93. The van der Waals surface area contributed by atoms with Gasteiger partial charge in [-0.15, -0.1) is 0 Å². The fourth-order valence-corrected chi connectivity index (χ4v) is 3.15. The Kier molecular flexibility index (Phi) is 2.97. The van der Waals surface area contributed by atoms with E-state index in [4.69, 9.17) is 10.5 Å². The van der Waals surface area contributed by atoms with E-state index in [-0.39, 0.29) is 11.9 Å². The first-order valence-electron chi connectivity index (χ1n) is 6.92. The van der Waals surface area contributed by atoms with E-state index in [0.29, 0.717) is 13.2 Å². The molecule has 1 aliphatic carbocycles. The zero-order valence-electron chi connectivity index (χ0n) is 11.3. The van der Waals surface area contributed by atoms with E-state index in [1.165, 1.54) is 0 Å². The average molecular weight is 260 g/mol. The average Bonchev–Trinajstić information content (AvgIpc) is 2.78. The molecule has 0 saturated heterocycles. The number of carbonyl (C=O) groups excluding carboxylic acids is 1. The molecule has 1 aromatic carbocycles. The van der Waals surface area contributed by atoms with Crippen molar-refractivity contribution in [2.75, 3.05) is 18.1 Å². The van der Waals surface area contributed by atoms with E-state index >= 15 is 0 Å². The van der Waals surface area contributed by atoms with Gasteiger partial charge in [-0.3, -0.25) is 4.79 Å². The molecule has 2 aliphatic rings. The Bertz CT molecular complexity index is 503. The molecular weight excluding hydrogens is 240 g/mol. The second-order valence-electron chi connectivity index (χ2n) is 5.69. The van der Waals surface area contributed by atoms with Gasteiger partial charge in [0.15, 0.2) is 0 Å². The van der Waals surface area contributed by atoms with Crippen LogP contribution in [0.4, 0.5) is 5.69 Å². The van der Waals surface area contributed by atoms with Crippen LogP contribution < -0.4 is 15.4 Å². The predicted molar refractivity (Wildman–Crippen MR) is 74.2 cm³/mol. The van der Waals surface area contributed by atoms with E-state index in [9.17, 15) is 4.79 Å². The number of amides is 1. The van der Waals surface area contributed by atoms with Crippen molar-refractivity contribution in [1.29, 1.82) is 0 Å². The molecule has 2 unspecified atom stereocenters. The van der Waals surface area contributed by atoms with Gasteiger partial charge in [0.2, 0.25) is 5.91 Å². The first-order chi connectivity index (χ1) is 9.13. The third kappa shape index (κ3) is 1.91. The Morgan fingerprint density at radius 2 is 2.26 bits per heavy atom. The van der Waals surface area contributed by atoms with E-state index in [0.717, 1.165) is 30.7 Å².